The van der Waals surface area contributed by atoms with Crippen molar-refractivity contribution >= 4 is 17.9 Å². The van der Waals surface area contributed by atoms with Gasteiger partial charge in [0.15, 0.2) is 0 Å². The Morgan fingerprint density at radius 2 is 1.95 bits per heavy atom. The van der Waals surface area contributed by atoms with E-state index in [4.69, 9.17) is 5.11 Å². The maximum absolute atomic E-state index is 12.2. The third-order valence-corrected chi connectivity index (χ3v) is 4.20. The van der Waals surface area contributed by atoms with Crippen LogP contribution in [0.4, 0.5) is 4.79 Å². The zero-order chi connectivity index (χ0) is 15.6. The van der Waals surface area contributed by atoms with E-state index in [-0.39, 0.29) is 30.6 Å². The zero-order valence-electron chi connectivity index (χ0n) is 12.5. The number of nitrogens with one attached hydrogen (secondary N) is 2. The predicted octanol–water partition coefficient (Wildman–Crippen LogP) is 0.406. The highest BCUT2D eigenvalue weighted by atomic mass is 16.4. The van der Waals surface area contributed by atoms with E-state index in [1.165, 1.54) is 0 Å². The van der Waals surface area contributed by atoms with E-state index >= 15 is 0 Å². The fraction of sp³-hybridized carbons (Fsp3) is 0.786. The van der Waals surface area contributed by atoms with Gasteiger partial charge in [0.1, 0.15) is 0 Å². The first kappa shape index (κ1) is 15.6. The van der Waals surface area contributed by atoms with Crippen LogP contribution in [0, 0.1) is 11.8 Å². The normalized spacial score (nSPS) is 27.0. The summed E-state index contributed by atoms with van der Waals surface area (Å²) in [7, 11) is 0. The minimum absolute atomic E-state index is 0.00479. The molecular formula is C14H23N3O4. The van der Waals surface area contributed by atoms with Crippen molar-refractivity contribution in [2.24, 2.45) is 11.8 Å². The second-order valence-electron chi connectivity index (χ2n) is 6.24. The van der Waals surface area contributed by atoms with Crippen molar-refractivity contribution in [1.82, 2.24) is 15.5 Å². The van der Waals surface area contributed by atoms with Crippen molar-refractivity contribution < 1.29 is 19.5 Å². The molecule has 0 aliphatic carbocycles. The van der Waals surface area contributed by atoms with Gasteiger partial charge in [0.05, 0.1) is 12.5 Å². The van der Waals surface area contributed by atoms with E-state index in [0.717, 1.165) is 12.8 Å². The van der Waals surface area contributed by atoms with Crippen molar-refractivity contribution in [2.45, 2.75) is 45.2 Å². The topological polar surface area (TPSA) is 98.7 Å². The molecule has 118 valence electrons. The number of carboxylic acids is 1. The first-order valence-electron chi connectivity index (χ1n) is 7.45. The van der Waals surface area contributed by atoms with Crippen LogP contribution >= 0.6 is 0 Å². The van der Waals surface area contributed by atoms with E-state index in [9.17, 15) is 14.4 Å². The molecule has 3 unspecified atom stereocenters. The molecular weight excluding hydrogens is 274 g/mol. The van der Waals surface area contributed by atoms with Crippen LogP contribution in [0.15, 0.2) is 0 Å². The highest BCUT2D eigenvalue weighted by Crippen LogP contribution is 2.41. The highest BCUT2D eigenvalue weighted by Gasteiger charge is 2.51. The molecule has 7 heteroatoms. The molecule has 2 heterocycles. The van der Waals surface area contributed by atoms with Gasteiger partial charge in [-0.1, -0.05) is 13.8 Å². The van der Waals surface area contributed by atoms with Gasteiger partial charge in [-0.3, -0.25) is 9.59 Å². The maximum atomic E-state index is 12.2. The summed E-state index contributed by atoms with van der Waals surface area (Å²) in [6, 6.07) is -0.563. The Kier molecular flexibility index (Phi) is 4.69. The average molecular weight is 297 g/mol. The molecule has 2 rings (SSSR count). The van der Waals surface area contributed by atoms with Crippen LogP contribution in [-0.4, -0.2) is 53.1 Å². The third kappa shape index (κ3) is 3.46. The summed E-state index contributed by atoms with van der Waals surface area (Å²) in [6.07, 6.45) is 2.10. The first-order valence-corrected chi connectivity index (χ1v) is 7.45. The SMILES string of the molecule is CC(C)CNC(=O)CNC(=O)N1C2CCC1C(C(=O)O)C2. The number of urea groups is 1. The largest absolute Gasteiger partial charge is 0.481 e. The molecule has 2 fully saturated rings. The Labute approximate surface area is 124 Å². The summed E-state index contributed by atoms with van der Waals surface area (Å²) in [6.45, 7) is 4.49. The lowest BCUT2D eigenvalue weighted by Gasteiger charge is -2.23. The number of hydrogen-bond acceptors (Lipinski definition) is 3. The quantitative estimate of drug-likeness (QED) is 0.684. The van der Waals surface area contributed by atoms with Gasteiger partial charge in [0.2, 0.25) is 5.91 Å². The molecule has 2 aliphatic heterocycles. The Hall–Kier alpha value is -1.79. The van der Waals surface area contributed by atoms with Crippen LogP contribution in [0.5, 0.6) is 0 Å². The lowest BCUT2D eigenvalue weighted by Crippen LogP contribution is -2.47. The van der Waals surface area contributed by atoms with Gasteiger partial charge in [-0.25, -0.2) is 4.79 Å². The number of hydrogen-bond donors (Lipinski definition) is 3. The number of rotatable bonds is 5. The molecule has 0 radical (unpaired) electrons. The first-order chi connectivity index (χ1) is 9.90. The second-order valence-corrected chi connectivity index (χ2v) is 6.24. The minimum Gasteiger partial charge on any atom is -0.481 e. The van der Waals surface area contributed by atoms with E-state index in [1.807, 2.05) is 13.8 Å². The van der Waals surface area contributed by atoms with Gasteiger partial charge in [0.25, 0.3) is 0 Å². The molecule has 3 N–H and O–H groups in total. The maximum Gasteiger partial charge on any atom is 0.318 e. The molecule has 7 nitrogen and oxygen atoms in total. The number of nitrogens with zero attached hydrogens (tertiary/aromatic N) is 1. The van der Waals surface area contributed by atoms with Crippen molar-refractivity contribution in [3.63, 3.8) is 0 Å². The zero-order valence-corrected chi connectivity index (χ0v) is 12.5. The highest BCUT2D eigenvalue weighted by molar-refractivity contribution is 5.85. The second kappa shape index (κ2) is 6.32. The van der Waals surface area contributed by atoms with Gasteiger partial charge in [-0.05, 0) is 25.2 Å². The third-order valence-electron chi connectivity index (χ3n) is 4.20. The molecule has 0 aromatic heterocycles. The molecule has 0 aromatic carbocycles. The Morgan fingerprint density at radius 3 is 2.52 bits per heavy atom. The van der Waals surface area contributed by atoms with Crippen molar-refractivity contribution in [1.29, 1.82) is 0 Å². The van der Waals surface area contributed by atoms with Gasteiger partial charge in [0, 0.05) is 18.6 Å². The van der Waals surface area contributed by atoms with E-state index in [2.05, 4.69) is 10.6 Å². The Bertz CT molecular complexity index is 438. The van der Waals surface area contributed by atoms with Crippen LogP contribution in [0.2, 0.25) is 0 Å². The monoisotopic (exact) mass is 297 g/mol. The van der Waals surface area contributed by atoms with Crippen molar-refractivity contribution in [2.75, 3.05) is 13.1 Å². The van der Waals surface area contributed by atoms with Crippen LogP contribution in [0.1, 0.15) is 33.1 Å². The minimum atomic E-state index is -0.838. The molecule has 0 spiro atoms. The standard InChI is InChI=1S/C14H23N3O4/c1-8(2)6-15-12(18)7-16-14(21)17-9-3-4-11(17)10(5-9)13(19)20/h8-11H,3-7H2,1-2H3,(H,15,18)(H,16,21)(H,19,20). The molecule has 21 heavy (non-hydrogen) atoms. The average Bonchev–Trinajstić information content (AvgIpc) is 3.00. The molecule has 2 aliphatic rings. The van der Waals surface area contributed by atoms with E-state index in [0.29, 0.717) is 18.9 Å². The molecule has 0 saturated carbocycles. The number of carbonyl (C=O) groups is 3. The van der Waals surface area contributed by atoms with Gasteiger partial charge >= 0.3 is 12.0 Å². The molecule has 3 atom stereocenters. The predicted molar refractivity (Wildman–Crippen MR) is 75.6 cm³/mol. The van der Waals surface area contributed by atoms with Crippen LogP contribution in [0.3, 0.4) is 0 Å². The summed E-state index contributed by atoms with van der Waals surface area (Å²) in [5.74, 6) is -1.17. The van der Waals surface area contributed by atoms with Gasteiger partial charge < -0.3 is 20.6 Å². The van der Waals surface area contributed by atoms with Crippen LogP contribution < -0.4 is 10.6 Å². The van der Waals surface area contributed by atoms with E-state index < -0.39 is 11.9 Å². The van der Waals surface area contributed by atoms with Crippen molar-refractivity contribution in [3.8, 4) is 0 Å². The summed E-state index contributed by atoms with van der Waals surface area (Å²) >= 11 is 0. The van der Waals surface area contributed by atoms with Crippen molar-refractivity contribution in [3.05, 3.63) is 0 Å². The molecule has 2 saturated heterocycles. The Morgan fingerprint density at radius 1 is 1.24 bits per heavy atom. The number of aliphatic carboxylic acids is 1. The lowest BCUT2D eigenvalue weighted by molar-refractivity contribution is -0.142. The van der Waals surface area contributed by atoms with Gasteiger partial charge in [-0.2, -0.15) is 0 Å². The summed E-state index contributed by atoms with van der Waals surface area (Å²) < 4.78 is 0. The smallest absolute Gasteiger partial charge is 0.318 e. The van der Waals surface area contributed by atoms with Gasteiger partial charge in [-0.15, -0.1) is 0 Å². The van der Waals surface area contributed by atoms with E-state index in [1.54, 1.807) is 4.90 Å². The fourth-order valence-corrected chi connectivity index (χ4v) is 3.20. The molecule has 0 aromatic rings. The Balaban J connectivity index is 1.82. The molecule has 3 amide bonds. The van der Waals surface area contributed by atoms with Crippen LogP contribution in [0.25, 0.3) is 0 Å². The molecule has 2 bridgehead atoms. The summed E-state index contributed by atoms with van der Waals surface area (Å²) in [5.41, 5.74) is 0. The fourth-order valence-electron chi connectivity index (χ4n) is 3.20. The number of carbonyl (C=O) groups excluding carboxylic acids is 2. The number of amides is 3. The van der Waals surface area contributed by atoms with Crippen LogP contribution in [-0.2, 0) is 9.59 Å². The summed E-state index contributed by atoms with van der Waals surface area (Å²) in [5, 5.41) is 14.5. The lowest BCUT2D eigenvalue weighted by atomic mass is 9.89. The number of carboxylic acid groups (broad SMARTS) is 1. The summed E-state index contributed by atoms with van der Waals surface area (Å²) in [4.78, 5) is 36.5. The number of fused-ring (bicyclic) bond motifs is 2.